The number of rotatable bonds is 8. The number of benzene rings is 8. The normalized spacial score (nSPS) is 11.3. The van der Waals surface area contributed by atoms with Gasteiger partial charge in [-0.05, 0) is 45.5 Å². The van der Waals surface area contributed by atoms with Crippen molar-refractivity contribution in [3.63, 3.8) is 0 Å². The Kier molecular flexibility index (Phi) is 12.3. The van der Waals surface area contributed by atoms with Crippen molar-refractivity contribution < 1.29 is 51.0 Å². The van der Waals surface area contributed by atoms with Gasteiger partial charge in [-0.1, -0.05) is 193 Å². The summed E-state index contributed by atoms with van der Waals surface area (Å²) in [5, 5.41) is 16.5. The van der Waals surface area contributed by atoms with Crippen LogP contribution in [-0.4, -0.2) is 8.07 Å². The zero-order valence-electron chi connectivity index (χ0n) is 32.6. The summed E-state index contributed by atoms with van der Waals surface area (Å²) >= 11 is 0. The van der Waals surface area contributed by atoms with Crippen molar-refractivity contribution >= 4 is 71.9 Å². The van der Waals surface area contributed by atoms with Crippen molar-refractivity contribution in [2.75, 3.05) is 0 Å². The van der Waals surface area contributed by atoms with Crippen LogP contribution in [0.5, 0.6) is 0 Å². The molecule has 10 aromatic carbocycles. The molecule has 0 radical (unpaired) electrons. The summed E-state index contributed by atoms with van der Waals surface area (Å²) in [6, 6.07) is 73.6. The quantitative estimate of drug-likeness (QED) is 0.138. The zero-order valence-corrected chi connectivity index (χ0v) is 37.6. The van der Waals surface area contributed by atoms with E-state index >= 15 is 0 Å². The first-order valence-electron chi connectivity index (χ1n) is 19.7. The van der Waals surface area contributed by atoms with Gasteiger partial charge in [0.15, 0.2) is 0 Å². The minimum Gasteiger partial charge on any atom is -1.00 e. The van der Waals surface area contributed by atoms with Gasteiger partial charge in [0.1, 0.15) is 0 Å². The fourth-order valence-corrected chi connectivity index (χ4v) is 15.7. The van der Waals surface area contributed by atoms with Crippen LogP contribution in [-0.2, 0) is 39.0 Å². The molecule has 10 aromatic rings. The van der Waals surface area contributed by atoms with Crippen LogP contribution in [0, 0.1) is 0 Å². The minimum absolute atomic E-state index is 0. The maximum Gasteiger partial charge on any atom is 4.00 e. The van der Waals surface area contributed by atoms with Crippen molar-refractivity contribution in [1.29, 1.82) is 0 Å². The van der Waals surface area contributed by atoms with Gasteiger partial charge in [-0.15, -0.1) is 79.4 Å². The summed E-state index contributed by atoms with van der Waals surface area (Å²) in [7, 11) is -3.12. The zero-order chi connectivity index (χ0) is 36.9. The molecule has 0 N–H and O–H groups in total. The topological polar surface area (TPSA) is 0 Å². The molecular weight excluding hydrogens is 839 g/mol. The van der Waals surface area contributed by atoms with Gasteiger partial charge in [0.25, 0.3) is 0 Å². The van der Waals surface area contributed by atoms with Gasteiger partial charge < -0.3 is 24.8 Å². The molecule has 0 fully saturated rings. The molecule has 0 atom stereocenters. The molecule has 0 unspecified atom stereocenters. The van der Waals surface area contributed by atoms with E-state index in [0.717, 1.165) is 12.8 Å². The average Bonchev–Trinajstić information content (AvgIpc) is 3.84. The van der Waals surface area contributed by atoms with Crippen molar-refractivity contribution in [2.45, 2.75) is 26.7 Å². The SMILES string of the molecule is CCc1[cH-]c2cccc(-c3cccc4ccccc34)c2c1[Si](c1ccccc1)(c1ccccc1)c1c(CC)[cH-]c2cccc(-c3cccc4ccccc34)c12.[Cl-].[Cl-].[Zr+4]. The first-order chi connectivity index (χ1) is 27.2. The number of fused-ring (bicyclic) bond motifs is 4. The summed E-state index contributed by atoms with van der Waals surface area (Å²) in [6.07, 6.45) is 1.90. The Hall–Kier alpha value is -4.82. The van der Waals surface area contributed by atoms with Gasteiger partial charge >= 0.3 is 26.2 Å². The van der Waals surface area contributed by atoms with Crippen molar-refractivity contribution in [3.05, 3.63) is 205 Å². The van der Waals surface area contributed by atoms with Crippen LogP contribution >= 0.6 is 0 Å². The van der Waals surface area contributed by atoms with E-state index in [9.17, 15) is 0 Å². The second-order valence-electron chi connectivity index (χ2n) is 14.9. The molecule has 0 nitrogen and oxygen atoms in total. The molecule has 58 heavy (non-hydrogen) atoms. The van der Waals surface area contributed by atoms with E-state index < -0.39 is 8.07 Å². The fourth-order valence-electron chi connectivity index (χ4n) is 9.81. The summed E-state index contributed by atoms with van der Waals surface area (Å²) < 4.78 is 0. The third-order valence-electron chi connectivity index (χ3n) is 12.1. The standard InChI is InChI=1S/C54H42Si.2ClH.Zr/c1-3-37-35-41-23-17-33-49(47-31-15-21-39-19-11-13-29-45(39)47)51(41)53(37)55(43-25-7-5-8-26-43,44-27-9-6-10-28-44)54-38(4-2)36-42-24-18-34-50(52(42)54)48-32-16-22-40-20-12-14-30-46(40)48;;;/h5-36H,3-4H2,1-2H3;2*1H;/q-2;;;+4/p-2. The molecule has 0 bridgehead atoms. The molecule has 0 aliphatic rings. The van der Waals surface area contributed by atoms with E-state index in [0.29, 0.717) is 0 Å². The van der Waals surface area contributed by atoms with E-state index in [1.807, 2.05) is 0 Å². The Morgan fingerprint density at radius 2 is 0.724 bits per heavy atom. The molecule has 0 spiro atoms. The Bertz CT molecular complexity index is 2800. The van der Waals surface area contributed by atoms with E-state index in [2.05, 4.69) is 208 Å². The third-order valence-corrected chi connectivity index (χ3v) is 17.1. The number of halogens is 2. The van der Waals surface area contributed by atoms with E-state index in [1.54, 1.807) is 0 Å². The maximum absolute atomic E-state index is 3.12. The molecule has 280 valence electrons. The molecule has 0 aliphatic carbocycles. The molecule has 0 aromatic heterocycles. The summed E-state index contributed by atoms with van der Waals surface area (Å²) in [6.45, 7) is 4.71. The van der Waals surface area contributed by atoms with Gasteiger partial charge in [-0.25, -0.2) is 0 Å². The summed E-state index contributed by atoms with van der Waals surface area (Å²) in [4.78, 5) is 0. The Labute approximate surface area is 374 Å². The molecule has 0 saturated carbocycles. The molecule has 4 heteroatoms. The third kappa shape index (κ3) is 6.47. The van der Waals surface area contributed by atoms with E-state index in [1.165, 1.54) is 97.2 Å². The second kappa shape index (κ2) is 17.2. The first kappa shape index (κ1) is 41.3. The predicted octanol–water partition coefficient (Wildman–Crippen LogP) is 5.58. The van der Waals surface area contributed by atoms with Gasteiger partial charge in [0.05, 0.1) is 8.07 Å². The average molecular weight is 881 g/mol. The largest absolute Gasteiger partial charge is 4.00 e. The van der Waals surface area contributed by atoms with Gasteiger partial charge in [0, 0.05) is 0 Å². The Morgan fingerprint density at radius 1 is 0.379 bits per heavy atom. The van der Waals surface area contributed by atoms with Crippen LogP contribution in [0.3, 0.4) is 0 Å². The fraction of sp³-hybridized carbons (Fsp3) is 0.0741. The van der Waals surface area contributed by atoms with Crippen LogP contribution in [0.15, 0.2) is 194 Å². The first-order valence-corrected chi connectivity index (χ1v) is 21.7. The Balaban J connectivity index is 0.00000171. The van der Waals surface area contributed by atoms with Crippen molar-refractivity contribution in [1.82, 2.24) is 0 Å². The van der Waals surface area contributed by atoms with Crippen LogP contribution in [0.4, 0.5) is 0 Å². The number of hydrogen-bond donors (Lipinski definition) is 0. The maximum atomic E-state index is 2.52. The van der Waals surface area contributed by atoms with Gasteiger partial charge in [-0.3, -0.25) is 0 Å². The van der Waals surface area contributed by atoms with Crippen LogP contribution in [0.1, 0.15) is 25.0 Å². The van der Waals surface area contributed by atoms with Crippen LogP contribution in [0.25, 0.3) is 65.3 Å². The van der Waals surface area contributed by atoms with Crippen LogP contribution in [0.2, 0.25) is 0 Å². The second-order valence-corrected chi connectivity index (χ2v) is 18.5. The van der Waals surface area contributed by atoms with Gasteiger partial charge in [-0.2, -0.15) is 0 Å². The van der Waals surface area contributed by atoms with Gasteiger partial charge in [0.2, 0.25) is 0 Å². The predicted molar refractivity (Wildman–Crippen MR) is 241 cm³/mol. The minimum atomic E-state index is -3.12. The molecular formula is C54H42Cl2SiZr. The van der Waals surface area contributed by atoms with Crippen LogP contribution < -0.4 is 45.6 Å². The van der Waals surface area contributed by atoms with E-state index in [-0.39, 0.29) is 51.0 Å². The molecule has 0 heterocycles. The van der Waals surface area contributed by atoms with Crippen molar-refractivity contribution in [2.24, 2.45) is 0 Å². The molecule has 0 amide bonds. The number of aryl methyl sites for hydroxylation is 2. The number of hydrogen-bond acceptors (Lipinski definition) is 0. The van der Waals surface area contributed by atoms with Crippen molar-refractivity contribution in [3.8, 4) is 22.3 Å². The van der Waals surface area contributed by atoms with E-state index in [4.69, 9.17) is 0 Å². The molecule has 10 rings (SSSR count). The summed E-state index contributed by atoms with van der Waals surface area (Å²) in [5.74, 6) is 0. The smallest absolute Gasteiger partial charge is 1.00 e. The molecule has 0 aliphatic heterocycles. The Morgan fingerprint density at radius 3 is 1.14 bits per heavy atom. The monoisotopic (exact) mass is 878 g/mol. The summed E-state index contributed by atoms with van der Waals surface area (Å²) in [5.41, 5.74) is 8.11. The molecule has 0 saturated heterocycles.